The van der Waals surface area contributed by atoms with Gasteiger partial charge in [-0.1, -0.05) is 13.0 Å². The molecule has 0 aliphatic carbocycles. The second-order valence-corrected chi connectivity index (χ2v) is 6.65. The van der Waals surface area contributed by atoms with E-state index < -0.39 is 0 Å². The molecule has 0 fully saturated rings. The van der Waals surface area contributed by atoms with Crippen LogP contribution in [0.1, 0.15) is 12.5 Å². The number of carbonyl (C=O) groups is 1. The molecule has 1 amide bonds. The first-order chi connectivity index (χ1) is 12.6. The third-order valence-electron chi connectivity index (χ3n) is 4.04. The molecule has 140 valence electrons. The Balaban J connectivity index is 1.96. The number of thioether (sulfide) groups is 1. The maximum atomic E-state index is 12.3. The highest BCUT2D eigenvalue weighted by Gasteiger charge is 2.12. The molecular weight excluding hydrogens is 348 g/mol. The molecule has 26 heavy (non-hydrogen) atoms. The zero-order valence-electron chi connectivity index (χ0n) is 15.7. The Kier molecular flexibility index (Phi) is 7.81. The van der Waals surface area contributed by atoms with Crippen LogP contribution >= 0.6 is 11.8 Å². The lowest BCUT2D eigenvalue weighted by molar-refractivity contribution is -0.117. The normalized spacial score (nSPS) is 10.7. The van der Waals surface area contributed by atoms with E-state index >= 15 is 0 Å². The van der Waals surface area contributed by atoms with E-state index in [2.05, 4.69) is 10.2 Å². The van der Waals surface area contributed by atoms with Crippen molar-refractivity contribution >= 4 is 23.4 Å². The number of amides is 1. The minimum Gasteiger partial charge on any atom is -0.493 e. The fourth-order valence-corrected chi connectivity index (χ4v) is 3.00. The molecule has 0 saturated carbocycles. The van der Waals surface area contributed by atoms with Gasteiger partial charge in [-0.15, -0.1) is 11.8 Å². The van der Waals surface area contributed by atoms with E-state index in [0.717, 1.165) is 17.8 Å². The van der Waals surface area contributed by atoms with Gasteiger partial charge in [0.05, 0.1) is 20.8 Å². The van der Waals surface area contributed by atoms with Gasteiger partial charge >= 0.3 is 0 Å². The van der Waals surface area contributed by atoms with Crippen LogP contribution in [0, 0.1) is 0 Å². The highest BCUT2D eigenvalue weighted by Crippen LogP contribution is 2.28. The van der Waals surface area contributed by atoms with Gasteiger partial charge in [-0.2, -0.15) is 0 Å². The molecule has 0 aliphatic heterocycles. The second-order valence-electron chi connectivity index (χ2n) is 5.77. The van der Waals surface area contributed by atoms with Crippen LogP contribution in [-0.4, -0.2) is 44.4 Å². The molecule has 0 bridgehead atoms. The van der Waals surface area contributed by atoms with Crippen molar-refractivity contribution in [2.24, 2.45) is 0 Å². The maximum absolute atomic E-state index is 12.3. The molecule has 0 aliphatic rings. The van der Waals surface area contributed by atoms with Gasteiger partial charge in [-0.3, -0.25) is 9.69 Å². The molecule has 0 unspecified atom stereocenters. The molecule has 6 heteroatoms. The number of ether oxygens (including phenoxy) is 2. The van der Waals surface area contributed by atoms with Crippen molar-refractivity contribution < 1.29 is 14.3 Å². The summed E-state index contributed by atoms with van der Waals surface area (Å²) in [7, 11) is 3.24. The summed E-state index contributed by atoms with van der Waals surface area (Å²) in [5, 5.41) is 2.95. The Morgan fingerprint density at radius 2 is 1.77 bits per heavy atom. The number of hydrogen-bond donors (Lipinski definition) is 1. The molecule has 5 nitrogen and oxygen atoms in total. The number of nitrogens with one attached hydrogen (secondary N) is 1. The summed E-state index contributed by atoms with van der Waals surface area (Å²) >= 11 is 1.68. The van der Waals surface area contributed by atoms with Crippen molar-refractivity contribution in [2.45, 2.75) is 18.4 Å². The van der Waals surface area contributed by atoms with Crippen molar-refractivity contribution in [2.75, 3.05) is 38.9 Å². The molecule has 2 rings (SSSR count). The summed E-state index contributed by atoms with van der Waals surface area (Å²) in [5.74, 6) is 1.37. The topological polar surface area (TPSA) is 50.8 Å². The van der Waals surface area contributed by atoms with Crippen LogP contribution in [0.3, 0.4) is 0 Å². The lowest BCUT2D eigenvalue weighted by Crippen LogP contribution is -2.32. The third kappa shape index (κ3) is 5.68. The van der Waals surface area contributed by atoms with E-state index in [1.54, 1.807) is 26.0 Å². The van der Waals surface area contributed by atoms with E-state index in [4.69, 9.17) is 9.47 Å². The largest absolute Gasteiger partial charge is 0.493 e. The van der Waals surface area contributed by atoms with E-state index in [1.165, 1.54) is 4.90 Å². The van der Waals surface area contributed by atoms with Gasteiger partial charge in [0.1, 0.15) is 0 Å². The monoisotopic (exact) mass is 374 g/mol. The van der Waals surface area contributed by atoms with Crippen LogP contribution in [0.25, 0.3) is 0 Å². The Labute approximate surface area is 159 Å². The maximum Gasteiger partial charge on any atom is 0.238 e. The third-order valence-corrected chi connectivity index (χ3v) is 4.79. The standard InChI is InChI=1S/C20H26N2O3S/c1-5-22(13-15-6-11-18(24-2)19(12-15)25-3)14-20(23)21-16-7-9-17(26-4)10-8-16/h6-12H,5,13-14H2,1-4H3,(H,21,23). The smallest absolute Gasteiger partial charge is 0.238 e. The predicted molar refractivity (Wildman–Crippen MR) is 107 cm³/mol. The number of likely N-dealkylation sites (N-methyl/N-ethyl adjacent to an activating group) is 1. The number of rotatable bonds is 9. The number of methoxy groups -OCH3 is 2. The minimum absolute atomic E-state index is 0.0239. The lowest BCUT2D eigenvalue weighted by atomic mass is 10.2. The summed E-state index contributed by atoms with van der Waals surface area (Å²) in [6.07, 6.45) is 2.03. The van der Waals surface area contributed by atoms with Crippen LogP contribution in [-0.2, 0) is 11.3 Å². The summed E-state index contributed by atoms with van der Waals surface area (Å²) in [6, 6.07) is 13.7. The Morgan fingerprint density at radius 1 is 1.08 bits per heavy atom. The van der Waals surface area contributed by atoms with E-state index in [0.29, 0.717) is 24.6 Å². The van der Waals surface area contributed by atoms with Crippen LogP contribution in [0.15, 0.2) is 47.4 Å². The Bertz CT molecular complexity index is 719. The molecule has 0 aromatic heterocycles. The van der Waals surface area contributed by atoms with E-state index in [1.807, 2.05) is 55.6 Å². The summed E-state index contributed by atoms with van der Waals surface area (Å²) in [4.78, 5) is 15.6. The molecule has 0 radical (unpaired) electrons. The van der Waals surface area contributed by atoms with Gasteiger partial charge in [0.2, 0.25) is 5.91 Å². The fourth-order valence-electron chi connectivity index (χ4n) is 2.59. The quantitative estimate of drug-likeness (QED) is 0.675. The average Bonchev–Trinajstić information content (AvgIpc) is 2.67. The molecule has 1 N–H and O–H groups in total. The fraction of sp³-hybridized carbons (Fsp3) is 0.350. The SMILES string of the molecule is CCN(CC(=O)Nc1ccc(SC)cc1)Cc1ccc(OC)c(OC)c1. The highest BCUT2D eigenvalue weighted by atomic mass is 32.2. The predicted octanol–water partition coefficient (Wildman–Crippen LogP) is 3.89. The summed E-state index contributed by atoms with van der Waals surface area (Å²) in [6.45, 7) is 3.80. The Morgan fingerprint density at radius 3 is 2.35 bits per heavy atom. The van der Waals surface area contributed by atoms with Crippen LogP contribution in [0.2, 0.25) is 0 Å². The first-order valence-corrected chi connectivity index (χ1v) is 9.69. The molecule has 0 atom stereocenters. The first kappa shape index (κ1) is 20.1. The van der Waals surface area contributed by atoms with Crippen molar-refractivity contribution in [3.05, 3.63) is 48.0 Å². The minimum atomic E-state index is -0.0239. The highest BCUT2D eigenvalue weighted by molar-refractivity contribution is 7.98. The van der Waals surface area contributed by atoms with Gasteiger partial charge < -0.3 is 14.8 Å². The van der Waals surface area contributed by atoms with Gasteiger partial charge in [-0.05, 0) is 54.8 Å². The number of benzene rings is 2. The zero-order chi connectivity index (χ0) is 18.9. The van der Waals surface area contributed by atoms with Gasteiger partial charge in [0, 0.05) is 17.1 Å². The summed E-state index contributed by atoms with van der Waals surface area (Å²) in [5.41, 5.74) is 1.89. The van der Waals surface area contributed by atoms with Crippen molar-refractivity contribution in [1.82, 2.24) is 4.90 Å². The molecular formula is C20H26N2O3S. The molecule has 0 spiro atoms. The number of anilines is 1. The van der Waals surface area contributed by atoms with Crippen molar-refractivity contribution in [3.63, 3.8) is 0 Å². The van der Waals surface area contributed by atoms with Crippen LogP contribution < -0.4 is 14.8 Å². The number of hydrogen-bond acceptors (Lipinski definition) is 5. The molecule has 0 heterocycles. The molecule has 2 aromatic carbocycles. The van der Waals surface area contributed by atoms with Crippen molar-refractivity contribution in [3.8, 4) is 11.5 Å². The van der Waals surface area contributed by atoms with Gasteiger partial charge in [0.15, 0.2) is 11.5 Å². The number of nitrogens with zero attached hydrogens (tertiary/aromatic N) is 1. The van der Waals surface area contributed by atoms with Gasteiger partial charge in [0.25, 0.3) is 0 Å². The van der Waals surface area contributed by atoms with E-state index in [9.17, 15) is 4.79 Å². The first-order valence-electron chi connectivity index (χ1n) is 8.46. The lowest BCUT2D eigenvalue weighted by Gasteiger charge is -2.20. The van der Waals surface area contributed by atoms with E-state index in [-0.39, 0.29) is 5.91 Å². The second kappa shape index (κ2) is 10.1. The van der Waals surface area contributed by atoms with Crippen LogP contribution in [0.4, 0.5) is 5.69 Å². The molecule has 2 aromatic rings. The average molecular weight is 375 g/mol. The Hall–Kier alpha value is -2.18. The summed E-state index contributed by atoms with van der Waals surface area (Å²) < 4.78 is 10.6. The molecule has 0 saturated heterocycles. The van der Waals surface area contributed by atoms with Crippen molar-refractivity contribution in [1.29, 1.82) is 0 Å². The van der Waals surface area contributed by atoms with Crippen LogP contribution in [0.5, 0.6) is 11.5 Å². The van der Waals surface area contributed by atoms with Gasteiger partial charge in [-0.25, -0.2) is 0 Å². The number of carbonyl (C=O) groups excluding carboxylic acids is 1. The zero-order valence-corrected chi connectivity index (χ0v) is 16.6.